The highest BCUT2D eigenvalue weighted by molar-refractivity contribution is 6.09. The highest BCUT2D eigenvalue weighted by atomic mass is 19.4. The number of nitrogens with one attached hydrogen (secondary N) is 3. The maximum Gasteiger partial charge on any atom is 0.416 e. The van der Waals surface area contributed by atoms with E-state index in [4.69, 9.17) is 9.84 Å². The minimum absolute atomic E-state index is 0.0493. The number of aryl methyl sites for hydroxylation is 1. The van der Waals surface area contributed by atoms with Crippen LogP contribution in [0, 0.1) is 12.8 Å². The Morgan fingerprint density at radius 2 is 1.77 bits per heavy atom. The van der Waals surface area contributed by atoms with E-state index in [9.17, 15) is 22.8 Å². The van der Waals surface area contributed by atoms with Crippen LogP contribution in [-0.2, 0) is 11.0 Å². The molecule has 39 heavy (non-hydrogen) atoms. The van der Waals surface area contributed by atoms with Crippen LogP contribution in [0.4, 0.5) is 13.2 Å². The number of alkyl halides is 3. The number of amides is 2. The molecule has 0 spiro atoms. The quantitative estimate of drug-likeness (QED) is 0.340. The van der Waals surface area contributed by atoms with Gasteiger partial charge < -0.3 is 25.5 Å². The molecule has 0 radical (unpaired) electrons. The number of hydrogen-bond donors (Lipinski definition) is 4. The van der Waals surface area contributed by atoms with Crippen molar-refractivity contribution in [3.8, 4) is 17.0 Å². The first-order valence-corrected chi connectivity index (χ1v) is 13.0. The zero-order valence-corrected chi connectivity index (χ0v) is 21.4. The molecule has 2 amide bonds. The van der Waals surface area contributed by atoms with Crippen LogP contribution < -0.4 is 15.4 Å². The van der Waals surface area contributed by atoms with E-state index in [1.54, 1.807) is 6.92 Å². The summed E-state index contributed by atoms with van der Waals surface area (Å²) in [7, 11) is 0. The van der Waals surface area contributed by atoms with Gasteiger partial charge in [-0.2, -0.15) is 13.2 Å². The molecule has 0 bridgehead atoms. The minimum Gasteiger partial charge on any atom is -0.493 e. The Morgan fingerprint density at radius 1 is 1.08 bits per heavy atom. The number of H-pyrrole nitrogens is 1. The van der Waals surface area contributed by atoms with Crippen molar-refractivity contribution in [1.82, 2.24) is 25.6 Å². The van der Waals surface area contributed by atoms with Crippen LogP contribution >= 0.6 is 0 Å². The summed E-state index contributed by atoms with van der Waals surface area (Å²) in [5, 5.41) is 14.7. The van der Waals surface area contributed by atoms with E-state index in [2.05, 4.69) is 25.6 Å². The molecule has 1 aromatic carbocycles. The molecule has 2 aliphatic carbocycles. The second-order valence-corrected chi connectivity index (χ2v) is 10.3. The van der Waals surface area contributed by atoms with E-state index in [0.717, 1.165) is 25.0 Å². The van der Waals surface area contributed by atoms with Gasteiger partial charge in [0.15, 0.2) is 0 Å². The molecule has 0 atom stereocenters. The number of aromatic amines is 1. The molecule has 3 aromatic rings. The van der Waals surface area contributed by atoms with Crippen molar-refractivity contribution in [3.63, 3.8) is 0 Å². The third-order valence-corrected chi connectivity index (χ3v) is 7.30. The van der Waals surface area contributed by atoms with Crippen molar-refractivity contribution in [2.45, 2.75) is 63.7 Å². The number of halogens is 3. The molecule has 9 nitrogen and oxygen atoms in total. The lowest BCUT2D eigenvalue weighted by Crippen LogP contribution is -2.44. The second kappa shape index (κ2) is 10.8. The molecule has 2 saturated carbocycles. The SMILES string of the molecule is Cc1[nH]c2c(-c3cc(C(F)(F)F)ccc3OCC3CC3)ncnc2c1C(=O)N[C@H]1CC[C@H](NC(=O)CO)CC1. The van der Waals surface area contributed by atoms with Crippen molar-refractivity contribution >= 4 is 22.8 Å². The number of aliphatic hydroxyl groups excluding tert-OH is 1. The van der Waals surface area contributed by atoms with Crippen LogP contribution in [0.5, 0.6) is 5.75 Å². The normalized spacial score (nSPS) is 19.6. The van der Waals surface area contributed by atoms with Crippen molar-refractivity contribution in [2.75, 3.05) is 13.2 Å². The fourth-order valence-electron chi connectivity index (χ4n) is 5.03. The summed E-state index contributed by atoms with van der Waals surface area (Å²) in [6.45, 7) is 1.56. The monoisotopic (exact) mass is 545 g/mol. The lowest BCUT2D eigenvalue weighted by atomic mass is 9.91. The Labute approximate surface area is 222 Å². The van der Waals surface area contributed by atoms with E-state index in [1.807, 2.05) is 0 Å². The van der Waals surface area contributed by atoms with Gasteiger partial charge in [-0.15, -0.1) is 0 Å². The molecule has 0 unspecified atom stereocenters. The summed E-state index contributed by atoms with van der Waals surface area (Å²) >= 11 is 0. The van der Waals surface area contributed by atoms with Crippen LogP contribution in [0.2, 0.25) is 0 Å². The highest BCUT2D eigenvalue weighted by Gasteiger charge is 2.33. The maximum absolute atomic E-state index is 13.6. The first-order valence-electron chi connectivity index (χ1n) is 13.0. The van der Waals surface area contributed by atoms with E-state index < -0.39 is 24.3 Å². The Bertz CT molecular complexity index is 1380. The molecule has 2 aliphatic rings. The van der Waals surface area contributed by atoms with Gasteiger partial charge >= 0.3 is 6.18 Å². The second-order valence-electron chi connectivity index (χ2n) is 10.3. The molecule has 2 heterocycles. The van der Waals surface area contributed by atoms with Gasteiger partial charge in [0.2, 0.25) is 5.91 Å². The van der Waals surface area contributed by atoms with Gasteiger partial charge in [0.05, 0.1) is 23.3 Å². The Balaban J connectivity index is 1.42. The molecular weight excluding hydrogens is 515 g/mol. The van der Waals surface area contributed by atoms with Crippen LogP contribution in [0.25, 0.3) is 22.3 Å². The van der Waals surface area contributed by atoms with E-state index >= 15 is 0 Å². The number of carbonyl (C=O) groups is 2. The van der Waals surface area contributed by atoms with Gasteiger partial charge in [0, 0.05) is 23.3 Å². The first kappa shape index (κ1) is 26.9. The number of rotatable bonds is 8. The fourth-order valence-corrected chi connectivity index (χ4v) is 5.03. The zero-order valence-electron chi connectivity index (χ0n) is 21.4. The van der Waals surface area contributed by atoms with E-state index in [0.29, 0.717) is 66.2 Å². The third-order valence-electron chi connectivity index (χ3n) is 7.30. The van der Waals surface area contributed by atoms with Gasteiger partial charge in [0.1, 0.15) is 29.9 Å². The third kappa shape index (κ3) is 6.00. The number of benzene rings is 1. The lowest BCUT2D eigenvalue weighted by Gasteiger charge is -2.29. The smallest absolute Gasteiger partial charge is 0.416 e. The molecule has 5 rings (SSSR count). The number of aromatic nitrogens is 3. The highest BCUT2D eigenvalue weighted by Crippen LogP contribution is 2.40. The molecular formula is C27H30F3N5O4. The van der Waals surface area contributed by atoms with Gasteiger partial charge in [-0.25, -0.2) is 9.97 Å². The van der Waals surface area contributed by atoms with Crippen LogP contribution in [0.3, 0.4) is 0 Å². The fraction of sp³-hybridized carbons (Fsp3) is 0.481. The predicted octanol–water partition coefficient (Wildman–Crippen LogP) is 3.89. The van der Waals surface area contributed by atoms with E-state index in [-0.39, 0.29) is 29.2 Å². The van der Waals surface area contributed by atoms with Crippen LogP contribution in [0.15, 0.2) is 24.5 Å². The van der Waals surface area contributed by atoms with Crippen molar-refractivity contribution in [1.29, 1.82) is 0 Å². The average molecular weight is 546 g/mol. The van der Waals surface area contributed by atoms with Crippen LogP contribution in [-0.4, -0.2) is 57.2 Å². The first-order chi connectivity index (χ1) is 18.6. The molecule has 4 N–H and O–H groups in total. The molecule has 12 heteroatoms. The standard InChI is InChI=1S/C27H30F3N5O4/c1-14-22(26(38)35-18-7-5-17(6-8-18)34-21(37)11-36)24-25(33-14)23(31-13-32-24)19-10-16(27(28,29)30)4-9-20(19)39-12-15-2-3-15/h4,9-10,13,15,17-18,33,36H,2-3,5-8,11-12H2,1H3,(H,34,37)(H,35,38)/t17-,18-. The summed E-state index contributed by atoms with van der Waals surface area (Å²) in [4.78, 5) is 36.5. The molecule has 2 fully saturated rings. The Kier molecular flexibility index (Phi) is 7.48. The Morgan fingerprint density at radius 3 is 2.41 bits per heavy atom. The van der Waals surface area contributed by atoms with Crippen molar-refractivity contribution in [3.05, 3.63) is 41.3 Å². The lowest BCUT2D eigenvalue weighted by molar-refractivity contribution is -0.137. The van der Waals surface area contributed by atoms with Crippen molar-refractivity contribution < 1.29 is 32.6 Å². The number of hydrogen-bond acceptors (Lipinski definition) is 6. The summed E-state index contributed by atoms with van der Waals surface area (Å²) < 4.78 is 46.7. The minimum atomic E-state index is -4.55. The predicted molar refractivity (Wildman–Crippen MR) is 136 cm³/mol. The van der Waals surface area contributed by atoms with Crippen molar-refractivity contribution in [2.24, 2.45) is 5.92 Å². The van der Waals surface area contributed by atoms with Crippen LogP contribution in [0.1, 0.15) is 60.1 Å². The van der Waals surface area contributed by atoms with Gasteiger partial charge in [-0.3, -0.25) is 9.59 Å². The number of nitrogens with zero attached hydrogens (tertiary/aromatic N) is 2. The maximum atomic E-state index is 13.6. The number of carbonyl (C=O) groups excluding carboxylic acids is 2. The van der Waals surface area contributed by atoms with Gasteiger partial charge in [-0.1, -0.05) is 0 Å². The largest absolute Gasteiger partial charge is 0.493 e. The topological polar surface area (TPSA) is 129 Å². The summed E-state index contributed by atoms with van der Waals surface area (Å²) in [6, 6.07) is 3.17. The summed E-state index contributed by atoms with van der Waals surface area (Å²) in [5.74, 6) is -0.0810. The number of fused-ring (bicyclic) bond motifs is 1. The summed E-state index contributed by atoms with van der Waals surface area (Å²) in [6.07, 6.45) is 1.37. The summed E-state index contributed by atoms with van der Waals surface area (Å²) in [5.41, 5.74) is 1.05. The Hall–Kier alpha value is -3.67. The average Bonchev–Trinajstić information content (AvgIpc) is 3.67. The molecule has 208 valence electrons. The molecule has 2 aromatic heterocycles. The molecule has 0 saturated heterocycles. The van der Waals surface area contributed by atoms with E-state index in [1.165, 1.54) is 12.4 Å². The zero-order chi connectivity index (χ0) is 27.7. The molecule has 0 aliphatic heterocycles. The van der Waals surface area contributed by atoms with Gasteiger partial charge in [0.25, 0.3) is 5.91 Å². The number of aliphatic hydroxyl groups is 1. The number of ether oxygens (including phenoxy) is 1. The van der Waals surface area contributed by atoms with Gasteiger partial charge in [-0.05, 0) is 69.6 Å².